The number of para-hydroxylation sites is 2. The van der Waals surface area contributed by atoms with Gasteiger partial charge in [-0.15, -0.1) is 0 Å². The lowest BCUT2D eigenvalue weighted by molar-refractivity contribution is 0.272. The van der Waals surface area contributed by atoms with Gasteiger partial charge in [-0.3, -0.25) is 9.11 Å². The second kappa shape index (κ2) is 14.6. The molecular weight excluding hydrogens is 741 g/mol. The van der Waals surface area contributed by atoms with Gasteiger partial charge >= 0.3 is 0 Å². The molecule has 0 bridgehead atoms. The Kier molecular flexibility index (Phi) is 9.67. The molecule has 1 unspecified atom stereocenters. The Labute approximate surface area is 319 Å². The molecule has 0 amide bonds. The zero-order chi connectivity index (χ0) is 38.3. The van der Waals surface area contributed by atoms with Crippen molar-refractivity contribution < 1.29 is 35.4 Å². The van der Waals surface area contributed by atoms with Gasteiger partial charge in [0.2, 0.25) is 5.88 Å². The molecule has 12 nitrogen and oxygen atoms in total. The second-order valence-electron chi connectivity index (χ2n) is 13.6. The maximum Gasteiger partial charge on any atom is 0.264 e. The molecule has 14 heteroatoms. The van der Waals surface area contributed by atoms with E-state index in [1.165, 1.54) is 0 Å². The maximum absolute atomic E-state index is 11.7. The normalized spacial score (nSPS) is 16.5. The zero-order valence-electron chi connectivity index (χ0n) is 30.0. The fourth-order valence-electron chi connectivity index (χ4n) is 7.31. The van der Waals surface area contributed by atoms with Crippen LogP contribution in [-0.2, 0) is 20.2 Å². The van der Waals surface area contributed by atoms with E-state index in [4.69, 9.17) is 9.47 Å². The molecular formula is C41H40N4O8S2. The average Bonchev–Trinajstić information content (AvgIpc) is 3.93. The van der Waals surface area contributed by atoms with Crippen molar-refractivity contribution in [1.29, 1.82) is 0 Å². The SMILES string of the molecule is CCC(/C=C1\Oc2ccc(-n3ccc4ccccc43)cc2N1CCCS(=O)(=O)O)=C\C1Oc2ccc(-n3ccc4ccccc43)cc2N1CCCS(=O)(=O)O. The fourth-order valence-corrected chi connectivity index (χ4v) is 8.30. The van der Waals surface area contributed by atoms with Crippen LogP contribution in [0.4, 0.5) is 11.4 Å². The van der Waals surface area contributed by atoms with E-state index < -0.39 is 38.0 Å². The molecule has 2 aliphatic rings. The predicted molar refractivity (Wildman–Crippen MR) is 215 cm³/mol. The van der Waals surface area contributed by atoms with E-state index in [0.29, 0.717) is 23.8 Å². The third-order valence-corrected chi connectivity index (χ3v) is 11.5. The predicted octanol–water partition coefficient (Wildman–Crippen LogP) is 7.73. The van der Waals surface area contributed by atoms with Crippen molar-refractivity contribution in [3.8, 4) is 22.9 Å². The van der Waals surface area contributed by atoms with Gasteiger partial charge in [-0.05, 0) is 102 Å². The second-order valence-corrected chi connectivity index (χ2v) is 16.7. The van der Waals surface area contributed by atoms with Crippen molar-refractivity contribution in [3.63, 3.8) is 0 Å². The van der Waals surface area contributed by atoms with Crippen LogP contribution in [0.2, 0.25) is 0 Å². The van der Waals surface area contributed by atoms with Crippen molar-refractivity contribution in [3.05, 3.63) is 133 Å². The van der Waals surface area contributed by atoms with Crippen LogP contribution in [0.25, 0.3) is 33.2 Å². The van der Waals surface area contributed by atoms with Gasteiger partial charge in [0.1, 0.15) is 5.75 Å². The Morgan fingerprint density at radius 3 is 1.87 bits per heavy atom. The van der Waals surface area contributed by atoms with Crippen molar-refractivity contribution in [2.75, 3.05) is 34.4 Å². The molecule has 6 aromatic rings. The third kappa shape index (κ3) is 7.71. The maximum atomic E-state index is 11.7. The van der Waals surface area contributed by atoms with Crippen LogP contribution in [0.15, 0.2) is 133 Å². The van der Waals surface area contributed by atoms with Crippen LogP contribution < -0.4 is 19.3 Å². The summed E-state index contributed by atoms with van der Waals surface area (Å²) in [6, 6.07) is 32.0. The quantitative estimate of drug-likeness (QED) is 0.112. The standard InChI is InChI=1S/C41H40N4O8S2/c1-2-29(25-40-44(19-7-23-54(46,47)48)36-27-32(13-15-38(36)52-40)42-21-17-30-9-3-5-11-34(30)42)26-41-45(20-8-24-55(49,50)51)37-28-33(14-16-39(37)53-41)43-22-18-31-10-4-6-12-35(31)43/h3-6,9-18,21-22,25-28,40H,2,7-8,19-20,23-24H2,1H3,(H,46,47,48)(H,49,50,51)/b29-25+,41-26-. The summed E-state index contributed by atoms with van der Waals surface area (Å²) in [5.74, 6) is 0.932. The topological polar surface area (TPSA) is 144 Å². The molecule has 0 saturated heterocycles. The van der Waals surface area contributed by atoms with Crippen molar-refractivity contribution >= 4 is 53.4 Å². The number of aromatic nitrogens is 2. The van der Waals surface area contributed by atoms with Crippen molar-refractivity contribution in [2.45, 2.75) is 32.4 Å². The summed E-state index contributed by atoms with van der Waals surface area (Å²) in [5, 5.41) is 2.20. The largest absolute Gasteiger partial charge is 0.465 e. The number of ether oxygens (including phenoxy) is 2. The summed E-state index contributed by atoms with van der Waals surface area (Å²) in [6.45, 7) is 2.55. The van der Waals surface area contributed by atoms with Gasteiger partial charge < -0.3 is 28.4 Å². The minimum absolute atomic E-state index is 0.155. The lowest BCUT2D eigenvalue weighted by Crippen LogP contribution is -2.35. The molecule has 2 aliphatic heterocycles. The number of anilines is 2. The van der Waals surface area contributed by atoms with E-state index in [2.05, 4.69) is 21.3 Å². The summed E-state index contributed by atoms with van der Waals surface area (Å²) in [6.07, 6.45) is 8.18. The Morgan fingerprint density at radius 1 is 0.709 bits per heavy atom. The molecule has 4 aromatic carbocycles. The monoisotopic (exact) mass is 780 g/mol. The molecule has 4 heterocycles. The molecule has 1 atom stereocenters. The van der Waals surface area contributed by atoms with E-state index in [9.17, 15) is 25.9 Å². The van der Waals surface area contributed by atoms with E-state index in [1.54, 1.807) is 0 Å². The lowest BCUT2D eigenvalue weighted by atomic mass is 10.1. The number of allylic oxidation sites excluding steroid dienone is 2. The minimum Gasteiger partial charge on any atom is -0.465 e. The Hall–Kier alpha value is -5.54. The highest BCUT2D eigenvalue weighted by atomic mass is 32.2. The summed E-state index contributed by atoms with van der Waals surface area (Å²) in [7, 11) is -8.35. The van der Waals surface area contributed by atoms with Crippen LogP contribution in [0.1, 0.15) is 26.2 Å². The van der Waals surface area contributed by atoms with Crippen LogP contribution in [-0.4, -0.2) is 65.9 Å². The molecule has 0 spiro atoms. The molecule has 0 radical (unpaired) electrons. The summed E-state index contributed by atoms with van der Waals surface area (Å²) in [4.78, 5) is 3.91. The first-order valence-corrected chi connectivity index (χ1v) is 21.3. The first-order chi connectivity index (χ1) is 26.4. The molecule has 0 saturated carbocycles. The first kappa shape index (κ1) is 36.4. The van der Waals surface area contributed by atoms with Gasteiger partial charge in [-0.2, -0.15) is 16.8 Å². The van der Waals surface area contributed by atoms with Gasteiger partial charge in [-0.25, -0.2) is 0 Å². The molecule has 55 heavy (non-hydrogen) atoms. The Morgan fingerprint density at radius 2 is 1.27 bits per heavy atom. The molecule has 284 valence electrons. The number of fused-ring (bicyclic) bond motifs is 4. The molecule has 0 fully saturated rings. The van der Waals surface area contributed by atoms with E-state index >= 15 is 0 Å². The van der Waals surface area contributed by atoms with Crippen molar-refractivity contribution in [1.82, 2.24) is 9.13 Å². The molecule has 0 aliphatic carbocycles. The van der Waals surface area contributed by atoms with E-state index in [0.717, 1.165) is 50.1 Å². The van der Waals surface area contributed by atoms with Gasteiger partial charge in [-0.1, -0.05) is 43.3 Å². The number of nitrogens with zero attached hydrogens (tertiary/aromatic N) is 4. The number of benzene rings is 4. The Bertz CT molecular complexity index is 2700. The summed E-state index contributed by atoms with van der Waals surface area (Å²) >= 11 is 0. The zero-order valence-corrected chi connectivity index (χ0v) is 31.7. The highest BCUT2D eigenvalue weighted by Crippen LogP contribution is 2.43. The molecule has 2 aromatic heterocycles. The van der Waals surface area contributed by atoms with Gasteiger partial charge in [0.25, 0.3) is 20.2 Å². The number of rotatable bonds is 13. The smallest absolute Gasteiger partial charge is 0.264 e. The van der Waals surface area contributed by atoms with E-state index in [1.807, 2.05) is 126 Å². The summed E-state index contributed by atoms with van der Waals surface area (Å²) < 4.78 is 82.9. The van der Waals surface area contributed by atoms with Gasteiger partial charge in [0.15, 0.2) is 12.0 Å². The van der Waals surface area contributed by atoms with Gasteiger partial charge in [0.05, 0.1) is 33.9 Å². The van der Waals surface area contributed by atoms with Crippen LogP contribution in [0.5, 0.6) is 11.5 Å². The highest BCUT2D eigenvalue weighted by molar-refractivity contribution is 7.86. The van der Waals surface area contributed by atoms with Gasteiger partial charge in [0, 0.05) is 42.9 Å². The fraction of sp³-hybridized carbons (Fsp3) is 0.220. The lowest BCUT2D eigenvalue weighted by Gasteiger charge is -2.24. The minimum atomic E-state index is -4.18. The average molecular weight is 781 g/mol. The molecule has 8 rings (SSSR count). The summed E-state index contributed by atoms with van der Waals surface area (Å²) in [5.41, 5.74) is 6.30. The van der Waals surface area contributed by atoms with Crippen LogP contribution in [0, 0.1) is 0 Å². The van der Waals surface area contributed by atoms with E-state index in [-0.39, 0.29) is 25.9 Å². The van der Waals surface area contributed by atoms with Crippen LogP contribution >= 0.6 is 0 Å². The Balaban J connectivity index is 1.13. The molecule has 2 N–H and O–H groups in total. The van der Waals surface area contributed by atoms with Crippen molar-refractivity contribution in [2.24, 2.45) is 0 Å². The number of hydrogen-bond acceptors (Lipinski definition) is 8. The highest BCUT2D eigenvalue weighted by Gasteiger charge is 2.32. The number of hydrogen-bond donors (Lipinski definition) is 2. The third-order valence-electron chi connectivity index (χ3n) is 9.94. The first-order valence-electron chi connectivity index (χ1n) is 18.1. The van der Waals surface area contributed by atoms with Crippen LogP contribution in [0.3, 0.4) is 0 Å².